The van der Waals surface area contributed by atoms with E-state index in [1.165, 1.54) is 0 Å². The van der Waals surface area contributed by atoms with E-state index in [9.17, 15) is 0 Å². The molecule has 2 aromatic rings. The molecular weight excluding hydrogens is 200 g/mol. The van der Waals surface area contributed by atoms with E-state index in [2.05, 4.69) is 10.1 Å². The maximum Gasteiger partial charge on any atom is 0.185 e. The van der Waals surface area contributed by atoms with Crippen LogP contribution in [0.2, 0.25) is 0 Å². The lowest BCUT2D eigenvalue weighted by Gasteiger charge is -1.90. The molecule has 0 spiro atoms. The molecule has 0 bridgehead atoms. The first-order valence-corrected chi connectivity index (χ1v) is 5.71. The van der Waals surface area contributed by atoms with Crippen LogP contribution in [0.4, 0.5) is 0 Å². The first-order chi connectivity index (χ1) is 7.86. The van der Waals surface area contributed by atoms with E-state index in [1.54, 1.807) is 6.20 Å². The minimum Gasteiger partial charge on any atom is -0.354 e. The molecule has 0 fully saturated rings. The topological polar surface area (TPSA) is 38.9 Å². The molecule has 0 aliphatic heterocycles. The van der Waals surface area contributed by atoms with E-state index < -0.39 is 0 Å². The van der Waals surface area contributed by atoms with Crippen molar-refractivity contribution < 1.29 is 4.52 Å². The molecule has 0 saturated carbocycles. The number of hydrogen-bond acceptors (Lipinski definition) is 3. The Morgan fingerprint density at radius 1 is 1.06 bits per heavy atom. The second kappa shape index (κ2) is 8.65. The summed E-state index contributed by atoms with van der Waals surface area (Å²) in [4.78, 5) is 4.13. The highest BCUT2D eigenvalue weighted by Gasteiger charge is 2.03. The van der Waals surface area contributed by atoms with Crippen LogP contribution < -0.4 is 0 Å². The summed E-state index contributed by atoms with van der Waals surface area (Å²) >= 11 is 0. The van der Waals surface area contributed by atoms with Gasteiger partial charge in [0.1, 0.15) is 5.69 Å². The highest BCUT2D eigenvalue weighted by Crippen LogP contribution is 2.16. The smallest absolute Gasteiger partial charge is 0.185 e. The largest absolute Gasteiger partial charge is 0.354 e. The fourth-order valence-corrected chi connectivity index (χ4v) is 0.993. The van der Waals surface area contributed by atoms with Crippen LogP contribution in [0.15, 0.2) is 35.0 Å². The van der Waals surface area contributed by atoms with Crippen LogP contribution in [-0.4, -0.2) is 10.1 Å². The Morgan fingerprint density at radius 2 is 1.75 bits per heavy atom. The third-order valence-electron chi connectivity index (χ3n) is 1.55. The van der Waals surface area contributed by atoms with E-state index in [4.69, 9.17) is 4.52 Å². The average Bonchev–Trinajstić information content (AvgIpc) is 2.82. The van der Waals surface area contributed by atoms with Crippen LogP contribution in [0.5, 0.6) is 0 Å². The Kier molecular flexibility index (Phi) is 7.76. The Hall–Kier alpha value is -1.64. The number of nitrogens with zero attached hydrogens (tertiary/aromatic N) is 2. The summed E-state index contributed by atoms with van der Waals surface area (Å²) < 4.78 is 5.04. The number of rotatable bonds is 1. The zero-order valence-electron chi connectivity index (χ0n) is 10.7. The second-order valence-electron chi connectivity index (χ2n) is 2.55. The molecule has 88 valence electrons. The van der Waals surface area contributed by atoms with Gasteiger partial charge in [-0.3, -0.25) is 4.98 Å². The van der Waals surface area contributed by atoms with E-state index in [0.29, 0.717) is 5.76 Å². The SMILES string of the molecule is CC.CC.Cc1cc(-c2ccccn2)on1. The van der Waals surface area contributed by atoms with Gasteiger partial charge < -0.3 is 4.52 Å². The summed E-state index contributed by atoms with van der Waals surface area (Å²) in [6, 6.07) is 7.54. The molecule has 0 radical (unpaired) electrons. The molecule has 0 amide bonds. The minimum atomic E-state index is 0.716. The van der Waals surface area contributed by atoms with E-state index in [0.717, 1.165) is 11.4 Å². The molecule has 3 nitrogen and oxygen atoms in total. The highest BCUT2D eigenvalue weighted by molar-refractivity contribution is 5.51. The van der Waals surface area contributed by atoms with Crippen LogP contribution >= 0.6 is 0 Å². The van der Waals surface area contributed by atoms with Gasteiger partial charge in [-0.05, 0) is 19.1 Å². The summed E-state index contributed by atoms with van der Waals surface area (Å²) in [6.45, 7) is 9.88. The molecule has 2 heterocycles. The Balaban J connectivity index is 0.000000509. The zero-order valence-corrected chi connectivity index (χ0v) is 10.7. The molecule has 0 aliphatic carbocycles. The molecule has 0 aromatic carbocycles. The number of hydrogen-bond donors (Lipinski definition) is 0. The number of pyridine rings is 1. The van der Waals surface area contributed by atoms with Gasteiger partial charge in [0, 0.05) is 12.3 Å². The van der Waals surface area contributed by atoms with Crippen molar-refractivity contribution in [2.45, 2.75) is 34.6 Å². The third-order valence-corrected chi connectivity index (χ3v) is 1.55. The minimum absolute atomic E-state index is 0.716. The zero-order chi connectivity index (χ0) is 12.4. The van der Waals surface area contributed by atoms with Crippen LogP contribution in [0.3, 0.4) is 0 Å². The second-order valence-corrected chi connectivity index (χ2v) is 2.55. The molecular formula is C13H20N2O. The normalized spacial score (nSPS) is 8.31. The first-order valence-electron chi connectivity index (χ1n) is 5.71. The molecule has 0 aliphatic rings. The van der Waals surface area contributed by atoms with Crippen molar-refractivity contribution in [3.63, 3.8) is 0 Å². The average molecular weight is 220 g/mol. The number of aromatic nitrogens is 2. The van der Waals surface area contributed by atoms with Gasteiger partial charge >= 0.3 is 0 Å². The van der Waals surface area contributed by atoms with Crippen molar-refractivity contribution >= 4 is 0 Å². The lowest BCUT2D eigenvalue weighted by molar-refractivity contribution is 0.426. The molecule has 0 atom stereocenters. The molecule has 2 aromatic heterocycles. The van der Waals surface area contributed by atoms with Crippen molar-refractivity contribution in [1.29, 1.82) is 0 Å². The summed E-state index contributed by atoms with van der Waals surface area (Å²) in [5.41, 5.74) is 1.69. The van der Waals surface area contributed by atoms with Gasteiger partial charge in [-0.25, -0.2) is 0 Å². The van der Waals surface area contributed by atoms with Crippen molar-refractivity contribution in [1.82, 2.24) is 10.1 Å². The van der Waals surface area contributed by atoms with Gasteiger partial charge in [0.15, 0.2) is 5.76 Å². The van der Waals surface area contributed by atoms with E-state index in [-0.39, 0.29) is 0 Å². The van der Waals surface area contributed by atoms with Gasteiger partial charge in [-0.15, -0.1) is 0 Å². The predicted octanol–water partition coefficient (Wildman–Crippen LogP) is 4.10. The van der Waals surface area contributed by atoms with E-state index >= 15 is 0 Å². The third kappa shape index (κ3) is 4.26. The molecule has 0 N–H and O–H groups in total. The molecule has 0 saturated heterocycles. The monoisotopic (exact) mass is 220 g/mol. The van der Waals surface area contributed by atoms with Crippen molar-refractivity contribution in [3.05, 3.63) is 36.2 Å². The Labute approximate surface area is 97.5 Å². The summed E-state index contributed by atoms with van der Waals surface area (Å²) in [5, 5.41) is 3.78. The summed E-state index contributed by atoms with van der Waals surface area (Å²) in [5.74, 6) is 0.716. The fourth-order valence-electron chi connectivity index (χ4n) is 0.993. The predicted molar refractivity (Wildman–Crippen MR) is 67.2 cm³/mol. The van der Waals surface area contributed by atoms with Gasteiger partial charge in [0.2, 0.25) is 0 Å². The standard InChI is InChI=1S/C9H8N2O.2C2H6/c1-7-6-9(12-11-7)8-4-2-3-5-10-8;2*1-2/h2-6H,1H3;2*1-2H3. The maximum absolute atomic E-state index is 5.04. The molecule has 16 heavy (non-hydrogen) atoms. The van der Waals surface area contributed by atoms with E-state index in [1.807, 2.05) is 58.9 Å². The maximum atomic E-state index is 5.04. The summed E-state index contributed by atoms with van der Waals surface area (Å²) in [7, 11) is 0. The lowest BCUT2D eigenvalue weighted by atomic mass is 10.3. The van der Waals surface area contributed by atoms with Crippen molar-refractivity contribution in [3.8, 4) is 11.5 Å². The summed E-state index contributed by atoms with van der Waals surface area (Å²) in [6.07, 6.45) is 1.73. The lowest BCUT2D eigenvalue weighted by Crippen LogP contribution is -1.76. The van der Waals surface area contributed by atoms with Crippen LogP contribution in [-0.2, 0) is 0 Å². The van der Waals surface area contributed by atoms with Crippen molar-refractivity contribution in [2.24, 2.45) is 0 Å². The Bertz CT molecular complexity index is 368. The quantitative estimate of drug-likeness (QED) is 0.726. The number of aryl methyl sites for hydroxylation is 1. The molecule has 2 rings (SSSR count). The van der Waals surface area contributed by atoms with Crippen LogP contribution in [0.25, 0.3) is 11.5 Å². The first kappa shape index (κ1) is 14.4. The Morgan fingerprint density at radius 3 is 2.19 bits per heavy atom. The molecule has 3 heteroatoms. The van der Waals surface area contributed by atoms with Gasteiger partial charge in [-0.2, -0.15) is 0 Å². The molecule has 0 unspecified atom stereocenters. The van der Waals surface area contributed by atoms with Crippen LogP contribution in [0.1, 0.15) is 33.4 Å². The van der Waals surface area contributed by atoms with Gasteiger partial charge in [-0.1, -0.05) is 38.9 Å². The van der Waals surface area contributed by atoms with Gasteiger partial charge in [0.05, 0.1) is 5.69 Å². The van der Waals surface area contributed by atoms with Gasteiger partial charge in [0.25, 0.3) is 0 Å². The fraction of sp³-hybridized carbons (Fsp3) is 0.385. The highest BCUT2D eigenvalue weighted by atomic mass is 16.5. The van der Waals surface area contributed by atoms with Crippen LogP contribution in [0, 0.1) is 6.92 Å². The van der Waals surface area contributed by atoms with Crippen molar-refractivity contribution in [2.75, 3.05) is 0 Å².